The van der Waals surface area contributed by atoms with E-state index in [0.29, 0.717) is 12.1 Å². The molecule has 1 aromatic carbocycles. The fourth-order valence-corrected chi connectivity index (χ4v) is 3.99. The highest BCUT2D eigenvalue weighted by Gasteiger charge is 2.33. The van der Waals surface area contributed by atoms with E-state index >= 15 is 0 Å². The van der Waals surface area contributed by atoms with E-state index in [9.17, 15) is 29.4 Å². The molecule has 8 N–H and O–H groups in total. The fourth-order valence-electron chi connectivity index (χ4n) is 3.99. The molecule has 2 rings (SSSR count). The number of carbonyl (C=O) groups excluding carboxylic acids is 3. The number of carboxylic acid groups (broad SMARTS) is 1. The van der Waals surface area contributed by atoms with Gasteiger partial charge in [0.1, 0.15) is 23.9 Å². The van der Waals surface area contributed by atoms with Gasteiger partial charge in [-0.2, -0.15) is 0 Å². The number of nitrogens with two attached hydrogens (primary N) is 1. The summed E-state index contributed by atoms with van der Waals surface area (Å²) in [7, 11) is 0. The molecular formula is C27H40N6O6. The van der Waals surface area contributed by atoms with Crippen LogP contribution in [0, 0.1) is 11.8 Å². The van der Waals surface area contributed by atoms with Crippen molar-refractivity contribution in [1.82, 2.24) is 25.9 Å². The predicted molar refractivity (Wildman–Crippen MR) is 144 cm³/mol. The van der Waals surface area contributed by atoms with Crippen LogP contribution >= 0.6 is 0 Å². The van der Waals surface area contributed by atoms with E-state index in [0.717, 1.165) is 5.56 Å². The quantitative estimate of drug-likeness (QED) is 0.171. The lowest BCUT2D eigenvalue weighted by Crippen LogP contribution is -2.59. The van der Waals surface area contributed by atoms with Crippen molar-refractivity contribution in [2.45, 2.75) is 77.5 Å². The SMILES string of the molecule is CCC(C)C(NC(=O)C(Cc1cnc[nH]1)NC(=O)C(N)Cc1ccc(O)cc1)C(=O)NC(CC(C)C)C(=O)O. The minimum Gasteiger partial charge on any atom is -0.508 e. The van der Waals surface area contributed by atoms with E-state index in [1.807, 2.05) is 20.8 Å². The van der Waals surface area contributed by atoms with Gasteiger partial charge in [-0.15, -0.1) is 0 Å². The van der Waals surface area contributed by atoms with Crippen LogP contribution in [0.1, 0.15) is 51.8 Å². The van der Waals surface area contributed by atoms with E-state index in [4.69, 9.17) is 5.73 Å². The first kappa shape index (κ1) is 31.3. The summed E-state index contributed by atoms with van der Waals surface area (Å²) in [6.45, 7) is 7.33. The summed E-state index contributed by atoms with van der Waals surface area (Å²) >= 11 is 0. The molecule has 3 amide bonds. The Hall–Kier alpha value is -3.93. The number of amides is 3. The lowest BCUT2D eigenvalue weighted by atomic mass is 9.96. The summed E-state index contributed by atoms with van der Waals surface area (Å²) < 4.78 is 0. The van der Waals surface area contributed by atoms with E-state index in [2.05, 4.69) is 25.9 Å². The standard InChI is InChI=1S/C27H40N6O6/c1-5-16(4)23(26(37)32-22(27(38)39)10-15(2)3)33-25(36)21(12-18-13-29-14-30-18)31-24(35)20(28)11-17-6-8-19(34)9-7-17/h6-9,13-16,20-23,34H,5,10-12,28H2,1-4H3,(H,29,30)(H,31,35)(H,32,37)(H,33,36)(H,38,39). The molecule has 12 heteroatoms. The maximum absolute atomic E-state index is 13.4. The number of H-pyrrole nitrogens is 1. The summed E-state index contributed by atoms with van der Waals surface area (Å²) in [6, 6.07) is 2.09. The topological polar surface area (TPSA) is 200 Å². The van der Waals surface area contributed by atoms with Gasteiger partial charge in [0, 0.05) is 18.3 Å². The first-order chi connectivity index (χ1) is 18.4. The number of nitrogens with one attached hydrogen (secondary N) is 4. The summed E-state index contributed by atoms with van der Waals surface area (Å²) in [4.78, 5) is 58.1. The number of imidazole rings is 1. The van der Waals surface area contributed by atoms with E-state index in [1.54, 1.807) is 19.1 Å². The number of carboxylic acids is 1. The Bertz CT molecular complexity index is 1090. The molecule has 0 saturated heterocycles. The first-order valence-electron chi connectivity index (χ1n) is 13.1. The number of nitrogens with zero attached hydrogens (tertiary/aromatic N) is 1. The van der Waals surface area contributed by atoms with Crippen LogP contribution in [0.3, 0.4) is 0 Å². The second kappa shape index (κ2) is 14.9. The summed E-state index contributed by atoms with van der Waals surface area (Å²) in [5, 5.41) is 27.0. The van der Waals surface area contributed by atoms with Crippen molar-refractivity contribution in [1.29, 1.82) is 0 Å². The molecule has 0 aliphatic rings. The third-order valence-electron chi connectivity index (χ3n) is 6.46. The third kappa shape index (κ3) is 10.0. The zero-order valence-electron chi connectivity index (χ0n) is 22.8. The van der Waals surface area contributed by atoms with Crippen molar-refractivity contribution in [2.75, 3.05) is 0 Å². The van der Waals surface area contributed by atoms with Crippen molar-refractivity contribution in [3.05, 3.63) is 48.0 Å². The molecule has 1 heterocycles. The summed E-state index contributed by atoms with van der Waals surface area (Å²) in [5.41, 5.74) is 7.41. The Kier molecular flexibility index (Phi) is 11.9. The maximum Gasteiger partial charge on any atom is 0.326 e. The summed E-state index contributed by atoms with van der Waals surface area (Å²) in [6.07, 6.45) is 3.97. The number of carbonyl (C=O) groups is 4. The highest BCUT2D eigenvalue weighted by atomic mass is 16.4. The number of aromatic nitrogens is 2. The van der Waals surface area contributed by atoms with Crippen LogP contribution in [0.5, 0.6) is 5.75 Å². The highest BCUT2D eigenvalue weighted by molar-refractivity contribution is 5.94. The Morgan fingerprint density at radius 2 is 1.59 bits per heavy atom. The Morgan fingerprint density at radius 3 is 2.13 bits per heavy atom. The van der Waals surface area contributed by atoms with E-state index < -0.39 is 47.9 Å². The lowest BCUT2D eigenvalue weighted by Gasteiger charge is -2.28. The molecule has 0 spiro atoms. The van der Waals surface area contributed by atoms with Crippen LogP contribution in [-0.4, -0.2) is 68.0 Å². The van der Waals surface area contributed by atoms with Crippen LogP contribution in [0.4, 0.5) is 0 Å². The maximum atomic E-state index is 13.4. The van der Waals surface area contributed by atoms with Gasteiger partial charge in [0.2, 0.25) is 17.7 Å². The molecule has 5 unspecified atom stereocenters. The van der Waals surface area contributed by atoms with Gasteiger partial charge in [-0.05, 0) is 42.4 Å². The van der Waals surface area contributed by atoms with Crippen LogP contribution in [0.2, 0.25) is 0 Å². The van der Waals surface area contributed by atoms with Crippen molar-refractivity contribution < 1.29 is 29.4 Å². The number of hydrogen-bond donors (Lipinski definition) is 7. The number of aromatic hydroxyl groups is 1. The third-order valence-corrected chi connectivity index (χ3v) is 6.46. The number of hydrogen-bond acceptors (Lipinski definition) is 7. The molecule has 39 heavy (non-hydrogen) atoms. The minimum absolute atomic E-state index is 0.0304. The molecule has 2 aromatic rings. The highest BCUT2D eigenvalue weighted by Crippen LogP contribution is 2.13. The first-order valence-corrected chi connectivity index (χ1v) is 13.1. The van der Waals surface area contributed by atoms with Gasteiger partial charge in [0.25, 0.3) is 0 Å². The van der Waals surface area contributed by atoms with Gasteiger partial charge in [0.05, 0.1) is 12.4 Å². The smallest absolute Gasteiger partial charge is 0.326 e. The average molecular weight is 545 g/mol. The summed E-state index contributed by atoms with van der Waals surface area (Å²) in [5.74, 6) is -3.15. The second-order valence-corrected chi connectivity index (χ2v) is 10.2. The Labute approximate surface area is 228 Å². The molecule has 12 nitrogen and oxygen atoms in total. The molecule has 1 aromatic heterocycles. The van der Waals surface area contributed by atoms with Gasteiger partial charge in [-0.3, -0.25) is 14.4 Å². The lowest BCUT2D eigenvalue weighted by molar-refractivity contribution is -0.143. The zero-order chi connectivity index (χ0) is 29.1. The number of phenolic OH excluding ortho intramolecular Hbond substituents is 1. The fraction of sp³-hybridized carbons (Fsp3) is 0.519. The van der Waals surface area contributed by atoms with Gasteiger partial charge < -0.3 is 36.9 Å². The van der Waals surface area contributed by atoms with Crippen LogP contribution in [0.25, 0.3) is 0 Å². The zero-order valence-corrected chi connectivity index (χ0v) is 22.8. The second-order valence-electron chi connectivity index (χ2n) is 10.2. The van der Waals surface area contributed by atoms with Crippen molar-refractivity contribution in [2.24, 2.45) is 17.6 Å². The van der Waals surface area contributed by atoms with Gasteiger partial charge in [0.15, 0.2) is 0 Å². The number of rotatable bonds is 15. The number of aliphatic carboxylic acids is 1. The molecule has 5 atom stereocenters. The van der Waals surface area contributed by atoms with Gasteiger partial charge >= 0.3 is 5.97 Å². The number of aromatic amines is 1. The van der Waals surface area contributed by atoms with Gasteiger partial charge in [-0.25, -0.2) is 9.78 Å². The molecule has 214 valence electrons. The van der Waals surface area contributed by atoms with Crippen molar-refractivity contribution in [3.8, 4) is 5.75 Å². The Balaban J connectivity index is 2.19. The normalized spacial score (nSPS) is 15.0. The van der Waals surface area contributed by atoms with Crippen molar-refractivity contribution in [3.63, 3.8) is 0 Å². The molecular weight excluding hydrogens is 504 g/mol. The minimum atomic E-state index is -1.15. The van der Waals surface area contributed by atoms with Crippen LogP contribution in [0.15, 0.2) is 36.8 Å². The largest absolute Gasteiger partial charge is 0.508 e. The number of phenols is 1. The van der Waals surface area contributed by atoms with Crippen LogP contribution < -0.4 is 21.7 Å². The average Bonchev–Trinajstić information content (AvgIpc) is 3.39. The molecule has 0 saturated carbocycles. The van der Waals surface area contributed by atoms with Crippen LogP contribution in [-0.2, 0) is 32.0 Å². The Morgan fingerprint density at radius 1 is 0.949 bits per heavy atom. The molecule has 0 aliphatic carbocycles. The predicted octanol–water partition coefficient (Wildman–Crippen LogP) is 0.859. The van der Waals surface area contributed by atoms with Gasteiger partial charge in [-0.1, -0.05) is 46.2 Å². The molecule has 0 aliphatic heterocycles. The number of benzene rings is 1. The molecule has 0 fully saturated rings. The molecule has 0 radical (unpaired) electrons. The van der Waals surface area contributed by atoms with E-state index in [-0.39, 0.29) is 36.8 Å². The monoisotopic (exact) mass is 544 g/mol. The van der Waals surface area contributed by atoms with E-state index in [1.165, 1.54) is 24.7 Å². The molecule has 0 bridgehead atoms. The van der Waals surface area contributed by atoms with Crippen molar-refractivity contribution >= 4 is 23.7 Å².